The van der Waals surface area contributed by atoms with E-state index < -0.39 is 0 Å². The topological polar surface area (TPSA) is 64.3 Å². The second-order valence-electron chi connectivity index (χ2n) is 4.82. The summed E-state index contributed by atoms with van der Waals surface area (Å²) >= 11 is 1.65. The van der Waals surface area contributed by atoms with Gasteiger partial charge in [0.1, 0.15) is 5.75 Å². The van der Waals surface area contributed by atoms with Gasteiger partial charge in [0.25, 0.3) is 0 Å². The number of nitrogens with two attached hydrogens (primary N) is 1. The molecule has 1 rings (SSSR count). The molecule has 4 nitrogen and oxygen atoms in total. The molecular formula is C14H22N2O2S. The third kappa shape index (κ3) is 5.03. The minimum Gasteiger partial charge on any atom is -0.494 e. The number of hydrogen-bond acceptors (Lipinski definition) is 4. The van der Waals surface area contributed by atoms with E-state index in [1.807, 2.05) is 6.92 Å². The van der Waals surface area contributed by atoms with Crippen LogP contribution >= 0.6 is 11.8 Å². The summed E-state index contributed by atoms with van der Waals surface area (Å²) < 4.78 is 5.20. The van der Waals surface area contributed by atoms with Crippen molar-refractivity contribution in [2.75, 3.05) is 23.9 Å². The lowest BCUT2D eigenvalue weighted by atomic mass is 10.2. The van der Waals surface area contributed by atoms with E-state index in [1.54, 1.807) is 37.1 Å². The van der Waals surface area contributed by atoms with Crippen LogP contribution in [0, 0.1) is 5.92 Å². The molecule has 3 N–H and O–H groups in total. The van der Waals surface area contributed by atoms with Crippen molar-refractivity contribution in [1.82, 2.24) is 0 Å². The van der Waals surface area contributed by atoms with Crippen LogP contribution in [-0.4, -0.2) is 24.0 Å². The predicted molar refractivity (Wildman–Crippen MR) is 82.8 cm³/mol. The molecule has 5 heteroatoms. The van der Waals surface area contributed by atoms with Gasteiger partial charge in [-0.2, -0.15) is 0 Å². The Labute approximate surface area is 119 Å². The maximum absolute atomic E-state index is 12.1. The van der Waals surface area contributed by atoms with Gasteiger partial charge in [0.15, 0.2) is 0 Å². The molecule has 0 saturated heterocycles. The first kappa shape index (κ1) is 15.7. The zero-order chi connectivity index (χ0) is 14.4. The third-order valence-electron chi connectivity index (χ3n) is 2.53. The van der Waals surface area contributed by atoms with Crippen molar-refractivity contribution >= 4 is 29.0 Å². The average Bonchev–Trinajstić information content (AvgIpc) is 2.37. The quantitative estimate of drug-likeness (QED) is 0.787. The Morgan fingerprint density at radius 3 is 2.68 bits per heavy atom. The summed E-state index contributed by atoms with van der Waals surface area (Å²) in [6.07, 6.45) is 0. The maximum atomic E-state index is 12.1. The van der Waals surface area contributed by atoms with Crippen LogP contribution in [0.2, 0.25) is 0 Å². The van der Waals surface area contributed by atoms with Gasteiger partial charge in [-0.3, -0.25) is 4.79 Å². The van der Waals surface area contributed by atoms with Gasteiger partial charge in [-0.1, -0.05) is 13.8 Å². The van der Waals surface area contributed by atoms with Gasteiger partial charge in [0.05, 0.1) is 18.0 Å². The number of nitrogens with one attached hydrogen (secondary N) is 1. The number of anilines is 2. The first-order valence-electron chi connectivity index (χ1n) is 6.30. The first-order chi connectivity index (χ1) is 8.93. The van der Waals surface area contributed by atoms with Gasteiger partial charge in [0.2, 0.25) is 5.91 Å². The highest BCUT2D eigenvalue weighted by atomic mass is 32.2. The average molecular weight is 282 g/mol. The number of rotatable bonds is 6. The van der Waals surface area contributed by atoms with Gasteiger partial charge in [-0.25, -0.2) is 0 Å². The van der Waals surface area contributed by atoms with E-state index in [0.29, 0.717) is 23.0 Å². The molecular weight excluding hydrogens is 260 g/mol. The minimum atomic E-state index is -0.0929. The van der Waals surface area contributed by atoms with E-state index in [9.17, 15) is 4.79 Å². The Morgan fingerprint density at radius 2 is 2.11 bits per heavy atom. The van der Waals surface area contributed by atoms with Crippen molar-refractivity contribution in [3.8, 4) is 5.75 Å². The van der Waals surface area contributed by atoms with E-state index in [0.717, 1.165) is 5.75 Å². The van der Waals surface area contributed by atoms with Crippen LogP contribution < -0.4 is 15.8 Å². The lowest BCUT2D eigenvalue weighted by Crippen LogP contribution is -2.23. The molecule has 0 aliphatic rings. The monoisotopic (exact) mass is 282 g/mol. The summed E-state index contributed by atoms with van der Waals surface area (Å²) in [5.41, 5.74) is 6.94. The number of hydrogen-bond donors (Lipinski definition) is 2. The van der Waals surface area contributed by atoms with Crippen molar-refractivity contribution in [3.63, 3.8) is 0 Å². The van der Waals surface area contributed by atoms with Crippen LogP contribution in [0.1, 0.15) is 20.8 Å². The van der Waals surface area contributed by atoms with Crippen molar-refractivity contribution in [1.29, 1.82) is 0 Å². The zero-order valence-corrected chi connectivity index (χ0v) is 12.7. The van der Waals surface area contributed by atoms with Crippen LogP contribution in [0.4, 0.5) is 11.4 Å². The predicted octanol–water partition coefficient (Wildman–Crippen LogP) is 2.99. The highest BCUT2D eigenvalue weighted by molar-refractivity contribution is 8.00. The van der Waals surface area contributed by atoms with Crippen LogP contribution in [0.15, 0.2) is 18.2 Å². The third-order valence-corrected chi connectivity index (χ3v) is 4.11. The van der Waals surface area contributed by atoms with E-state index >= 15 is 0 Å². The molecule has 1 aromatic rings. The van der Waals surface area contributed by atoms with Gasteiger partial charge in [-0.05, 0) is 30.7 Å². The molecule has 1 amide bonds. The van der Waals surface area contributed by atoms with Gasteiger partial charge < -0.3 is 15.8 Å². The van der Waals surface area contributed by atoms with Gasteiger partial charge in [-0.15, -0.1) is 11.8 Å². The largest absolute Gasteiger partial charge is 0.494 e. The molecule has 1 aromatic carbocycles. The second-order valence-corrected chi connectivity index (χ2v) is 6.19. The minimum absolute atomic E-state index is 0.0197. The summed E-state index contributed by atoms with van der Waals surface area (Å²) in [6.45, 7) is 6.19. The normalized spacial score (nSPS) is 12.3. The molecule has 1 atom stereocenters. The fourth-order valence-electron chi connectivity index (χ4n) is 1.46. The summed E-state index contributed by atoms with van der Waals surface area (Å²) in [5.74, 6) is 2.10. The number of benzene rings is 1. The van der Waals surface area contributed by atoms with Crippen LogP contribution in [0.25, 0.3) is 0 Å². The molecule has 0 radical (unpaired) electrons. The van der Waals surface area contributed by atoms with E-state index in [2.05, 4.69) is 19.2 Å². The van der Waals surface area contributed by atoms with Gasteiger partial charge in [0, 0.05) is 11.8 Å². The molecule has 0 saturated carbocycles. The summed E-state index contributed by atoms with van der Waals surface area (Å²) in [4.78, 5) is 12.1. The Balaban J connectivity index is 2.66. The summed E-state index contributed by atoms with van der Waals surface area (Å²) in [7, 11) is 1.56. The molecule has 0 heterocycles. The van der Waals surface area contributed by atoms with Crippen molar-refractivity contribution in [2.45, 2.75) is 26.0 Å². The number of nitrogen functional groups attached to an aromatic ring is 1. The van der Waals surface area contributed by atoms with Crippen molar-refractivity contribution < 1.29 is 9.53 Å². The molecule has 0 aliphatic carbocycles. The zero-order valence-electron chi connectivity index (χ0n) is 11.9. The van der Waals surface area contributed by atoms with Crippen LogP contribution in [0.5, 0.6) is 5.75 Å². The number of ether oxygens (including phenoxy) is 1. The molecule has 0 aromatic heterocycles. The Hall–Kier alpha value is -1.36. The van der Waals surface area contributed by atoms with E-state index in [4.69, 9.17) is 10.5 Å². The second kappa shape index (κ2) is 7.28. The van der Waals surface area contributed by atoms with Crippen molar-refractivity contribution in [2.24, 2.45) is 5.92 Å². The Bertz CT molecular complexity index is 435. The fraction of sp³-hybridized carbons (Fsp3) is 0.500. The molecule has 0 aliphatic heterocycles. The highest BCUT2D eigenvalue weighted by Gasteiger charge is 2.15. The molecule has 106 valence electrons. The standard InChI is InChI=1S/C14H22N2O2S/c1-9(2)8-19-10(3)14(17)16-12-6-5-11(15)7-13(12)18-4/h5-7,9-10H,8,15H2,1-4H3,(H,16,17). The smallest absolute Gasteiger partial charge is 0.237 e. The number of thioether (sulfide) groups is 1. The molecule has 0 fully saturated rings. The molecule has 0 spiro atoms. The highest BCUT2D eigenvalue weighted by Crippen LogP contribution is 2.27. The van der Waals surface area contributed by atoms with E-state index in [1.165, 1.54) is 0 Å². The lowest BCUT2D eigenvalue weighted by Gasteiger charge is -2.15. The molecule has 0 bridgehead atoms. The first-order valence-corrected chi connectivity index (χ1v) is 7.35. The number of methoxy groups -OCH3 is 1. The fourth-order valence-corrected chi connectivity index (χ4v) is 2.34. The van der Waals surface area contributed by atoms with E-state index in [-0.39, 0.29) is 11.2 Å². The maximum Gasteiger partial charge on any atom is 0.237 e. The molecule has 19 heavy (non-hydrogen) atoms. The van der Waals surface area contributed by atoms with Gasteiger partial charge >= 0.3 is 0 Å². The van der Waals surface area contributed by atoms with Crippen molar-refractivity contribution in [3.05, 3.63) is 18.2 Å². The Morgan fingerprint density at radius 1 is 1.42 bits per heavy atom. The number of carbonyl (C=O) groups excluding carboxylic acids is 1. The lowest BCUT2D eigenvalue weighted by molar-refractivity contribution is -0.115. The summed E-state index contributed by atoms with van der Waals surface area (Å²) in [5, 5.41) is 2.78. The van der Waals surface area contributed by atoms with Crippen LogP contribution in [0.3, 0.4) is 0 Å². The number of amides is 1. The number of carbonyl (C=O) groups is 1. The Kier molecular flexibility index (Phi) is 6.02. The SMILES string of the molecule is COc1cc(N)ccc1NC(=O)C(C)SCC(C)C. The summed E-state index contributed by atoms with van der Waals surface area (Å²) in [6, 6.07) is 5.19. The molecule has 1 unspecified atom stereocenters. The van der Waals surface area contributed by atoms with Crippen LogP contribution in [-0.2, 0) is 4.79 Å².